The van der Waals surface area contributed by atoms with E-state index in [1.807, 2.05) is 0 Å². The lowest BCUT2D eigenvalue weighted by Crippen LogP contribution is -2.06. The minimum Gasteiger partial charge on any atom is -0.0622 e. The predicted octanol–water partition coefficient (Wildman–Crippen LogP) is 2.85. The van der Waals surface area contributed by atoms with Crippen LogP contribution in [0.25, 0.3) is 0 Å². The van der Waals surface area contributed by atoms with E-state index in [1.54, 1.807) is 0 Å². The lowest BCUT2D eigenvalue weighted by Gasteiger charge is -2.24. The number of hydrogen-bond donors (Lipinski definition) is 0. The Hall–Kier alpha value is -1.56. The summed E-state index contributed by atoms with van der Waals surface area (Å²) in [4.78, 5) is 0. The largest absolute Gasteiger partial charge is 0.0622 e. The van der Waals surface area contributed by atoms with Crippen molar-refractivity contribution in [2.24, 2.45) is 0 Å². The van der Waals surface area contributed by atoms with Gasteiger partial charge in [0.05, 0.1) is 0 Å². The second-order valence-corrected chi connectivity index (χ2v) is 3.09. The van der Waals surface area contributed by atoms with Crippen molar-refractivity contribution < 1.29 is 0 Å². The lowest BCUT2D eigenvalue weighted by atomic mass is 9.79. The molecule has 0 bridgehead atoms. The molecule has 0 aliphatic heterocycles. The van der Waals surface area contributed by atoms with E-state index in [-0.39, 0.29) is 0 Å². The molecule has 0 aromatic heterocycles. The van der Waals surface area contributed by atoms with Gasteiger partial charge in [0, 0.05) is 0 Å². The smallest absolute Gasteiger partial charge is 0.00990 e. The quantitative estimate of drug-likeness (QED) is 0.500. The first-order valence-electron chi connectivity index (χ1n) is 4.15. The molecule has 0 amide bonds. The minimum atomic E-state index is 1.39. The highest BCUT2D eigenvalue weighted by Crippen LogP contribution is 2.44. The first-order valence-corrected chi connectivity index (χ1v) is 4.15. The van der Waals surface area contributed by atoms with E-state index in [0.29, 0.717) is 0 Å². The molecule has 3 aliphatic rings. The van der Waals surface area contributed by atoms with Gasteiger partial charge in [-0.15, -0.1) is 0 Å². The number of fused-ring (bicyclic) bond motifs is 3. The average molecular weight is 152 g/mol. The molecule has 0 heterocycles. The summed E-state index contributed by atoms with van der Waals surface area (Å²) in [5, 5.41) is 0. The fraction of sp³-hybridized carbons (Fsp3) is 0. The highest BCUT2D eigenvalue weighted by Gasteiger charge is 2.26. The van der Waals surface area contributed by atoms with Crippen LogP contribution in [-0.2, 0) is 0 Å². The maximum Gasteiger partial charge on any atom is -0.00990 e. The molecule has 56 valence electrons. The Balaban J connectivity index is 2.28. The second-order valence-electron chi connectivity index (χ2n) is 3.09. The van der Waals surface area contributed by atoms with E-state index < -0.39 is 0 Å². The fourth-order valence-electron chi connectivity index (χ4n) is 1.84. The Morgan fingerprint density at radius 2 is 1.25 bits per heavy atom. The van der Waals surface area contributed by atoms with Gasteiger partial charge in [0.25, 0.3) is 0 Å². The van der Waals surface area contributed by atoms with Crippen molar-refractivity contribution >= 4 is 0 Å². The summed E-state index contributed by atoms with van der Waals surface area (Å²) in [6, 6.07) is 0. The summed E-state index contributed by atoms with van der Waals surface area (Å²) in [6.45, 7) is 0. The molecule has 0 spiro atoms. The summed E-state index contributed by atoms with van der Waals surface area (Å²) in [7, 11) is 0. The third-order valence-electron chi connectivity index (χ3n) is 2.43. The van der Waals surface area contributed by atoms with E-state index in [2.05, 4.69) is 48.6 Å². The predicted molar refractivity (Wildman–Crippen MR) is 50.6 cm³/mol. The van der Waals surface area contributed by atoms with Gasteiger partial charge >= 0.3 is 0 Å². The molecular formula is C12H8. The van der Waals surface area contributed by atoms with Crippen LogP contribution in [0.2, 0.25) is 0 Å². The molecule has 0 heteroatoms. The van der Waals surface area contributed by atoms with Crippen LogP contribution in [0.4, 0.5) is 0 Å². The van der Waals surface area contributed by atoms with E-state index >= 15 is 0 Å². The highest BCUT2D eigenvalue weighted by molar-refractivity contribution is 5.80. The summed E-state index contributed by atoms with van der Waals surface area (Å²) in [5.74, 6) is 0. The van der Waals surface area contributed by atoms with Gasteiger partial charge in [-0.2, -0.15) is 0 Å². The van der Waals surface area contributed by atoms with Crippen LogP contribution < -0.4 is 0 Å². The second kappa shape index (κ2) is 1.98. The van der Waals surface area contributed by atoms with Crippen LogP contribution in [0.5, 0.6) is 0 Å². The van der Waals surface area contributed by atoms with Crippen LogP contribution in [-0.4, -0.2) is 0 Å². The zero-order valence-corrected chi connectivity index (χ0v) is 6.62. The summed E-state index contributed by atoms with van der Waals surface area (Å²) >= 11 is 0. The van der Waals surface area contributed by atoms with Gasteiger partial charge in [-0.1, -0.05) is 48.6 Å². The Morgan fingerprint density at radius 3 is 2.08 bits per heavy atom. The van der Waals surface area contributed by atoms with Crippen LogP contribution >= 0.6 is 0 Å². The molecule has 0 radical (unpaired) electrons. The monoisotopic (exact) mass is 152 g/mol. The summed E-state index contributed by atoms with van der Waals surface area (Å²) < 4.78 is 0. The maximum absolute atomic E-state index is 2.18. The minimum absolute atomic E-state index is 1.39. The zero-order valence-electron chi connectivity index (χ0n) is 6.62. The Bertz CT molecular complexity index is 419. The molecule has 3 aliphatic carbocycles. The van der Waals surface area contributed by atoms with Gasteiger partial charge in [0.1, 0.15) is 0 Å². The zero-order chi connectivity index (χ0) is 7.97. The topological polar surface area (TPSA) is 0 Å². The molecule has 0 unspecified atom stereocenters. The lowest BCUT2D eigenvalue weighted by molar-refractivity contribution is 1.29. The highest BCUT2D eigenvalue weighted by atomic mass is 14.3. The first kappa shape index (κ1) is 6.01. The standard InChI is InChI=1S/C12H8/c1-2-5-9-10(6-3-1)12-8-4-7-11(9)12/h1-8H. The van der Waals surface area contributed by atoms with Gasteiger partial charge in [-0.05, 0) is 22.3 Å². The SMILES string of the molecule is C1=CC=C2C3=CC=CC3=C2C=C1. The van der Waals surface area contributed by atoms with Crippen molar-refractivity contribution in [1.82, 2.24) is 0 Å². The van der Waals surface area contributed by atoms with Gasteiger partial charge in [-0.25, -0.2) is 0 Å². The Kier molecular flexibility index (Phi) is 0.991. The first-order chi connectivity index (χ1) is 5.97. The maximum atomic E-state index is 2.18. The molecule has 0 nitrogen and oxygen atoms in total. The summed E-state index contributed by atoms with van der Waals surface area (Å²) in [6.07, 6.45) is 17.1. The average Bonchev–Trinajstić information content (AvgIpc) is 2.37. The van der Waals surface area contributed by atoms with Crippen LogP contribution in [0, 0.1) is 0 Å². The van der Waals surface area contributed by atoms with Gasteiger partial charge in [0.2, 0.25) is 0 Å². The van der Waals surface area contributed by atoms with E-state index in [0.717, 1.165) is 0 Å². The van der Waals surface area contributed by atoms with E-state index in [4.69, 9.17) is 0 Å². The molecule has 0 aromatic rings. The molecule has 0 saturated carbocycles. The molecule has 0 fully saturated rings. The number of hydrogen-bond acceptors (Lipinski definition) is 0. The van der Waals surface area contributed by atoms with E-state index in [9.17, 15) is 0 Å². The van der Waals surface area contributed by atoms with Crippen molar-refractivity contribution in [3.8, 4) is 0 Å². The normalized spacial score (nSPS) is 22.7. The molecule has 0 atom stereocenters. The molecule has 0 N–H and O–H groups in total. The molecule has 3 rings (SSSR count). The third-order valence-corrected chi connectivity index (χ3v) is 2.43. The van der Waals surface area contributed by atoms with Gasteiger partial charge in [0.15, 0.2) is 0 Å². The van der Waals surface area contributed by atoms with E-state index in [1.165, 1.54) is 22.3 Å². The number of allylic oxidation sites excluding steroid dienone is 12. The Labute approximate surface area is 71.6 Å². The van der Waals surface area contributed by atoms with Crippen molar-refractivity contribution in [3.63, 3.8) is 0 Å². The van der Waals surface area contributed by atoms with Crippen molar-refractivity contribution in [2.45, 2.75) is 0 Å². The van der Waals surface area contributed by atoms with Crippen molar-refractivity contribution in [2.75, 3.05) is 0 Å². The van der Waals surface area contributed by atoms with Crippen LogP contribution in [0.15, 0.2) is 70.9 Å². The van der Waals surface area contributed by atoms with Gasteiger partial charge in [-0.3, -0.25) is 0 Å². The van der Waals surface area contributed by atoms with Crippen LogP contribution in [0.3, 0.4) is 0 Å². The molecule has 0 aromatic carbocycles. The molecule has 12 heavy (non-hydrogen) atoms. The van der Waals surface area contributed by atoms with Crippen molar-refractivity contribution in [1.29, 1.82) is 0 Å². The van der Waals surface area contributed by atoms with Gasteiger partial charge < -0.3 is 0 Å². The molecule has 0 saturated heterocycles. The fourth-order valence-corrected chi connectivity index (χ4v) is 1.84. The third kappa shape index (κ3) is 0.578. The Morgan fingerprint density at radius 1 is 0.583 bits per heavy atom. The molecular weight excluding hydrogens is 144 g/mol. The number of rotatable bonds is 0. The summed E-state index contributed by atoms with van der Waals surface area (Å²) in [5.41, 5.74) is 5.59. The van der Waals surface area contributed by atoms with Crippen LogP contribution in [0.1, 0.15) is 0 Å². The van der Waals surface area contributed by atoms with Crippen molar-refractivity contribution in [3.05, 3.63) is 70.9 Å².